The lowest BCUT2D eigenvalue weighted by atomic mass is 9.99. The van der Waals surface area contributed by atoms with Crippen LogP contribution in [0.15, 0.2) is 24.4 Å². The summed E-state index contributed by atoms with van der Waals surface area (Å²) in [5.41, 5.74) is 6.04. The number of nitrogens with two attached hydrogens (primary N) is 1. The van der Waals surface area contributed by atoms with E-state index in [2.05, 4.69) is 4.98 Å². The Morgan fingerprint density at radius 3 is 2.69 bits per heavy atom. The molecule has 1 heterocycles. The van der Waals surface area contributed by atoms with E-state index in [1.165, 1.54) is 18.3 Å². The zero-order valence-electron chi connectivity index (χ0n) is 8.38. The molecule has 0 aliphatic carbocycles. The molecule has 2 aromatic rings. The van der Waals surface area contributed by atoms with Crippen molar-refractivity contribution in [2.75, 3.05) is 6.54 Å². The first-order chi connectivity index (χ1) is 7.65. The molecule has 0 saturated carbocycles. The van der Waals surface area contributed by atoms with Crippen molar-refractivity contribution in [1.82, 2.24) is 4.98 Å². The number of halogens is 3. The minimum absolute atomic E-state index is 0.207. The monoisotopic (exact) mass is 228 g/mol. The lowest BCUT2D eigenvalue weighted by Crippen LogP contribution is -2.19. The Hall–Kier alpha value is -1.49. The van der Waals surface area contributed by atoms with E-state index < -0.39 is 18.2 Å². The van der Waals surface area contributed by atoms with E-state index in [0.717, 1.165) is 0 Å². The number of aromatic amines is 1. The van der Waals surface area contributed by atoms with Gasteiger partial charge in [-0.25, -0.2) is 13.2 Å². The maximum absolute atomic E-state index is 13.5. The molecule has 2 rings (SSSR count). The molecule has 1 atom stereocenters. The quantitative estimate of drug-likeness (QED) is 0.833. The molecule has 86 valence electrons. The highest BCUT2D eigenvalue weighted by atomic mass is 19.3. The first-order valence-electron chi connectivity index (χ1n) is 4.89. The summed E-state index contributed by atoms with van der Waals surface area (Å²) >= 11 is 0. The van der Waals surface area contributed by atoms with Crippen molar-refractivity contribution in [3.63, 3.8) is 0 Å². The molecule has 2 nitrogen and oxygen atoms in total. The Morgan fingerprint density at radius 2 is 2.06 bits per heavy atom. The van der Waals surface area contributed by atoms with Gasteiger partial charge in [-0.05, 0) is 17.7 Å². The fraction of sp³-hybridized carbons (Fsp3) is 0.273. The van der Waals surface area contributed by atoms with Gasteiger partial charge in [-0.1, -0.05) is 6.07 Å². The number of alkyl halides is 2. The van der Waals surface area contributed by atoms with Gasteiger partial charge in [0, 0.05) is 23.6 Å². The summed E-state index contributed by atoms with van der Waals surface area (Å²) in [4.78, 5) is 2.77. The molecule has 1 aromatic heterocycles. The van der Waals surface area contributed by atoms with Crippen molar-refractivity contribution in [2.24, 2.45) is 5.73 Å². The van der Waals surface area contributed by atoms with Crippen molar-refractivity contribution >= 4 is 10.9 Å². The number of aromatic nitrogens is 1. The topological polar surface area (TPSA) is 41.8 Å². The minimum Gasteiger partial charge on any atom is -0.361 e. The fourth-order valence-corrected chi connectivity index (χ4v) is 1.82. The number of benzene rings is 1. The molecule has 0 radical (unpaired) electrons. The SMILES string of the molecule is NCC(c1c[nH]c2cccc(F)c12)C(F)F. The van der Waals surface area contributed by atoms with Gasteiger partial charge >= 0.3 is 0 Å². The molecule has 0 bridgehead atoms. The zero-order chi connectivity index (χ0) is 11.7. The van der Waals surface area contributed by atoms with Gasteiger partial charge in [-0.3, -0.25) is 0 Å². The summed E-state index contributed by atoms with van der Waals surface area (Å²) in [6, 6.07) is 4.41. The van der Waals surface area contributed by atoms with E-state index >= 15 is 0 Å². The molecule has 0 aliphatic rings. The molecular weight excluding hydrogens is 217 g/mol. The molecule has 0 amide bonds. The van der Waals surface area contributed by atoms with E-state index in [1.54, 1.807) is 6.07 Å². The van der Waals surface area contributed by atoms with Gasteiger partial charge in [0.15, 0.2) is 0 Å². The average molecular weight is 228 g/mol. The Kier molecular flexibility index (Phi) is 2.87. The highest BCUT2D eigenvalue weighted by molar-refractivity contribution is 5.84. The van der Waals surface area contributed by atoms with Crippen LogP contribution in [-0.2, 0) is 0 Å². The lowest BCUT2D eigenvalue weighted by Gasteiger charge is -2.12. The van der Waals surface area contributed by atoms with E-state index in [-0.39, 0.29) is 17.5 Å². The maximum Gasteiger partial charge on any atom is 0.246 e. The van der Waals surface area contributed by atoms with Crippen molar-refractivity contribution in [3.05, 3.63) is 35.8 Å². The Bertz CT molecular complexity index is 493. The Morgan fingerprint density at radius 1 is 1.31 bits per heavy atom. The van der Waals surface area contributed by atoms with E-state index in [9.17, 15) is 13.2 Å². The van der Waals surface area contributed by atoms with Crippen LogP contribution in [0, 0.1) is 5.82 Å². The van der Waals surface area contributed by atoms with Crippen LogP contribution in [0.25, 0.3) is 10.9 Å². The number of nitrogens with one attached hydrogen (secondary N) is 1. The first kappa shape index (κ1) is 11.0. The van der Waals surface area contributed by atoms with Crippen LogP contribution in [-0.4, -0.2) is 18.0 Å². The molecule has 1 aromatic carbocycles. The largest absolute Gasteiger partial charge is 0.361 e. The number of rotatable bonds is 3. The normalized spacial score (nSPS) is 13.6. The Balaban J connectivity index is 2.60. The summed E-state index contributed by atoms with van der Waals surface area (Å²) < 4.78 is 38.9. The summed E-state index contributed by atoms with van der Waals surface area (Å²) in [5.74, 6) is -1.64. The van der Waals surface area contributed by atoms with Crippen LogP contribution in [0.4, 0.5) is 13.2 Å². The van der Waals surface area contributed by atoms with Crippen molar-refractivity contribution in [3.8, 4) is 0 Å². The van der Waals surface area contributed by atoms with Crippen LogP contribution >= 0.6 is 0 Å². The second kappa shape index (κ2) is 4.17. The van der Waals surface area contributed by atoms with E-state index in [1.807, 2.05) is 0 Å². The van der Waals surface area contributed by atoms with Crippen LogP contribution < -0.4 is 5.73 Å². The van der Waals surface area contributed by atoms with Crippen LogP contribution in [0.1, 0.15) is 11.5 Å². The van der Waals surface area contributed by atoms with Crippen molar-refractivity contribution < 1.29 is 13.2 Å². The third-order valence-electron chi connectivity index (χ3n) is 2.64. The summed E-state index contributed by atoms with van der Waals surface area (Å²) in [7, 11) is 0. The highest BCUT2D eigenvalue weighted by Gasteiger charge is 2.24. The number of hydrogen-bond acceptors (Lipinski definition) is 1. The summed E-state index contributed by atoms with van der Waals surface area (Å²) in [5, 5.41) is 0.207. The van der Waals surface area contributed by atoms with Gasteiger partial charge in [0.05, 0.1) is 5.92 Å². The van der Waals surface area contributed by atoms with Gasteiger partial charge in [0.2, 0.25) is 6.43 Å². The van der Waals surface area contributed by atoms with E-state index in [0.29, 0.717) is 5.52 Å². The fourth-order valence-electron chi connectivity index (χ4n) is 1.82. The third-order valence-corrected chi connectivity index (χ3v) is 2.64. The molecule has 0 fully saturated rings. The molecular formula is C11H11F3N2. The molecule has 1 unspecified atom stereocenters. The average Bonchev–Trinajstić information content (AvgIpc) is 2.64. The predicted octanol–water partition coefficient (Wildman–Crippen LogP) is 2.61. The van der Waals surface area contributed by atoms with Crippen LogP contribution in [0.3, 0.4) is 0 Å². The molecule has 0 aliphatic heterocycles. The standard InChI is InChI=1S/C11H11F3N2/c12-8-2-1-3-9-10(8)7(5-16-9)6(4-15)11(13)14/h1-3,5-6,11,16H,4,15H2. The molecule has 3 N–H and O–H groups in total. The maximum atomic E-state index is 13.5. The second-order valence-electron chi connectivity index (χ2n) is 3.58. The summed E-state index contributed by atoms with van der Waals surface area (Å²) in [6.45, 7) is -0.209. The van der Waals surface area contributed by atoms with E-state index in [4.69, 9.17) is 5.73 Å². The molecule has 5 heteroatoms. The van der Waals surface area contributed by atoms with Crippen molar-refractivity contribution in [1.29, 1.82) is 0 Å². The van der Waals surface area contributed by atoms with Gasteiger partial charge in [-0.2, -0.15) is 0 Å². The van der Waals surface area contributed by atoms with Crippen LogP contribution in [0.5, 0.6) is 0 Å². The second-order valence-corrected chi connectivity index (χ2v) is 3.58. The molecule has 0 spiro atoms. The van der Waals surface area contributed by atoms with Gasteiger partial charge in [0.1, 0.15) is 5.82 Å². The number of H-pyrrole nitrogens is 1. The summed E-state index contributed by atoms with van der Waals surface area (Å²) in [6.07, 6.45) is -1.19. The van der Waals surface area contributed by atoms with Gasteiger partial charge < -0.3 is 10.7 Å². The predicted molar refractivity (Wildman–Crippen MR) is 56.1 cm³/mol. The molecule has 16 heavy (non-hydrogen) atoms. The smallest absolute Gasteiger partial charge is 0.246 e. The van der Waals surface area contributed by atoms with Crippen molar-refractivity contribution in [2.45, 2.75) is 12.3 Å². The Labute approximate surface area is 90.3 Å². The third kappa shape index (κ3) is 1.67. The number of fused-ring (bicyclic) bond motifs is 1. The lowest BCUT2D eigenvalue weighted by molar-refractivity contribution is 0.117. The van der Waals surface area contributed by atoms with Crippen LogP contribution in [0.2, 0.25) is 0 Å². The highest BCUT2D eigenvalue weighted by Crippen LogP contribution is 2.30. The van der Waals surface area contributed by atoms with Gasteiger partial charge in [0.25, 0.3) is 0 Å². The van der Waals surface area contributed by atoms with Gasteiger partial charge in [-0.15, -0.1) is 0 Å². The minimum atomic E-state index is -2.59. The first-order valence-corrected chi connectivity index (χ1v) is 4.89. The number of hydrogen-bond donors (Lipinski definition) is 2. The molecule has 0 saturated heterocycles. The zero-order valence-corrected chi connectivity index (χ0v) is 8.38.